The van der Waals surface area contributed by atoms with Gasteiger partial charge in [0.05, 0.1) is 25.7 Å². The summed E-state index contributed by atoms with van der Waals surface area (Å²) in [6.45, 7) is 2.35. The van der Waals surface area contributed by atoms with E-state index in [0.717, 1.165) is 0 Å². The minimum Gasteiger partial charge on any atom is -0.354 e. The molecule has 0 aromatic heterocycles. The predicted octanol–water partition coefficient (Wildman–Crippen LogP) is 0.928. The van der Waals surface area contributed by atoms with Gasteiger partial charge in [0.25, 0.3) is 0 Å². The van der Waals surface area contributed by atoms with Crippen LogP contribution < -0.4 is 0 Å². The molecular weight excluding hydrogens is 118 g/mol. The Kier molecular flexibility index (Phi) is 5.18. The molecule has 0 bridgehead atoms. The first-order chi connectivity index (χ1) is 4.31. The predicted molar refractivity (Wildman–Crippen MR) is 32.0 cm³/mol. The molecule has 1 unspecified atom stereocenters. The van der Waals surface area contributed by atoms with E-state index in [-0.39, 0.29) is 12.7 Å². The lowest BCUT2D eigenvalue weighted by molar-refractivity contribution is -0.0210. The van der Waals surface area contributed by atoms with Gasteiger partial charge in [-0.25, -0.2) is 0 Å². The van der Waals surface area contributed by atoms with Gasteiger partial charge in [0, 0.05) is 0 Å². The van der Waals surface area contributed by atoms with Crippen molar-refractivity contribution in [2.45, 2.75) is 6.92 Å². The van der Waals surface area contributed by atoms with Crippen molar-refractivity contribution in [2.75, 3.05) is 13.4 Å². The van der Waals surface area contributed by atoms with Gasteiger partial charge < -0.3 is 9.47 Å². The van der Waals surface area contributed by atoms with Crippen molar-refractivity contribution >= 4 is 0 Å². The van der Waals surface area contributed by atoms with E-state index >= 15 is 0 Å². The zero-order valence-corrected chi connectivity index (χ0v) is 5.46. The average Bonchev–Trinajstić information content (AvgIpc) is 1.89. The summed E-state index contributed by atoms with van der Waals surface area (Å²) in [6.07, 6.45) is 0. The molecule has 0 fully saturated rings. The summed E-state index contributed by atoms with van der Waals surface area (Å²) in [7, 11) is 3.10. The van der Waals surface area contributed by atoms with Crippen LogP contribution in [0.15, 0.2) is 0 Å². The maximum Gasteiger partial charge on any atom is 0.146 e. The summed E-state index contributed by atoms with van der Waals surface area (Å²) in [5.41, 5.74) is 0. The van der Waals surface area contributed by atoms with E-state index in [0.29, 0.717) is 6.61 Å². The van der Waals surface area contributed by atoms with Crippen molar-refractivity contribution in [1.82, 2.24) is 0 Å². The summed E-state index contributed by atoms with van der Waals surface area (Å²) in [4.78, 5) is 0. The van der Waals surface area contributed by atoms with Crippen LogP contribution in [0.5, 0.6) is 0 Å². The largest absolute Gasteiger partial charge is 0.354 e. The highest BCUT2D eigenvalue weighted by atomic mass is 16.7. The quantitative estimate of drug-likeness (QED) is 0.417. The highest BCUT2D eigenvalue weighted by Crippen LogP contribution is 1.91. The summed E-state index contributed by atoms with van der Waals surface area (Å²) >= 11 is 0. The monoisotopic (exact) mass is 128 g/mol. The molecule has 0 aromatic carbocycles. The Morgan fingerprint density at radius 3 is 2.89 bits per heavy atom. The summed E-state index contributed by atoms with van der Waals surface area (Å²) in [6, 6.07) is 2.02. The second kappa shape index (κ2) is 5.54. The Bertz CT molecular complexity index is 97.7. The summed E-state index contributed by atoms with van der Waals surface area (Å²) in [5, 5.41) is 8.25. The lowest BCUT2D eigenvalue weighted by Gasteiger charge is -2.01. The topological polar surface area (TPSA) is 42.2 Å². The fourth-order valence-corrected chi connectivity index (χ4v) is 0.321. The Morgan fingerprint density at radius 2 is 2.44 bits per heavy atom. The molecule has 0 aliphatic carbocycles. The van der Waals surface area contributed by atoms with Crippen LogP contribution in [0.1, 0.15) is 6.92 Å². The Morgan fingerprint density at radius 1 is 1.78 bits per heavy atom. The van der Waals surface area contributed by atoms with Crippen LogP contribution in [0.25, 0.3) is 0 Å². The molecule has 0 N–H and O–H groups in total. The zero-order chi connectivity index (χ0) is 7.11. The first-order valence-corrected chi connectivity index (χ1v) is 2.65. The number of nitriles is 1. The van der Waals surface area contributed by atoms with Gasteiger partial charge in [-0.3, -0.25) is 0 Å². The first-order valence-electron chi connectivity index (χ1n) is 2.65. The maximum atomic E-state index is 8.25. The number of hydrogen-bond donors (Lipinski definition) is 0. The standard InChI is InChI=1S/C6H10NO2/c1-6(3-7)4-9-5-8-2/h6H,2,4-5H2,1H3. The molecule has 9 heavy (non-hydrogen) atoms. The molecule has 3 heteroatoms. The van der Waals surface area contributed by atoms with Crippen molar-refractivity contribution < 1.29 is 9.47 Å². The van der Waals surface area contributed by atoms with Crippen LogP contribution in [-0.4, -0.2) is 13.4 Å². The van der Waals surface area contributed by atoms with E-state index in [9.17, 15) is 0 Å². The second-order valence-electron chi connectivity index (χ2n) is 1.72. The molecule has 0 heterocycles. The normalized spacial score (nSPS) is 12.6. The number of hydrogen-bond acceptors (Lipinski definition) is 3. The molecule has 0 saturated carbocycles. The molecule has 0 amide bonds. The molecule has 1 radical (unpaired) electrons. The smallest absolute Gasteiger partial charge is 0.146 e. The third-order valence-corrected chi connectivity index (χ3v) is 0.755. The minimum atomic E-state index is -0.0693. The first kappa shape index (κ1) is 8.41. The van der Waals surface area contributed by atoms with E-state index in [4.69, 9.17) is 10.00 Å². The van der Waals surface area contributed by atoms with Crippen LogP contribution in [0, 0.1) is 24.4 Å². The van der Waals surface area contributed by atoms with Gasteiger partial charge in [0.15, 0.2) is 0 Å². The molecule has 51 valence electrons. The van der Waals surface area contributed by atoms with E-state index in [2.05, 4.69) is 11.8 Å². The van der Waals surface area contributed by atoms with Crippen molar-refractivity contribution in [3.05, 3.63) is 7.11 Å². The Hall–Kier alpha value is -0.590. The van der Waals surface area contributed by atoms with Crippen molar-refractivity contribution in [2.24, 2.45) is 5.92 Å². The van der Waals surface area contributed by atoms with E-state index in [1.165, 1.54) is 0 Å². The van der Waals surface area contributed by atoms with E-state index in [1.807, 2.05) is 6.07 Å². The second-order valence-corrected chi connectivity index (χ2v) is 1.72. The molecule has 0 aliphatic heterocycles. The van der Waals surface area contributed by atoms with Crippen LogP contribution in [0.3, 0.4) is 0 Å². The highest BCUT2D eigenvalue weighted by molar-refractivity contribution is 4.77. The Balaban J connectivity index is 2.99. The summed E-state index contributed by atoms with van der Waals surface area (Å²) in [5.74, 6) is -0.0693. The van der Waals surface area contributed by atoms with Gasteiger partial charge in [0.2, 0.25) is 0 Å². The maximum absolute atomic E-state index is 8.25. The van der Waals surface area contributed by atoms with Gasteiger partial charge in [-0.1, -0.05) is 0 Å². The molecule has 3 nitrogen and oxygen atoms in total. The third-order valence-electron chi connectivity index (χ3n) is 0.755. The summed E-state index contributed by atoms with van der Waals surface area (Å²) < 4.78 is 9.18. The molecule has 0 aromatic rings. The zero-order valence-electron chi connectivity index (χ0n) is 5.46. The molecular formula is C6H10NO2. The lowest BCUT2D eigenvalue weighted by Crippen LogP contribution is -2.04. The minimum absolute atomic E-state index is 0.0693. The molecule has 0 aliphatic rings. The fourth-order valence-electron chi connectivity index (χ4n) is 0.321. The van der Waals surface area contributed by atoms with Crippen LogP contribution in [-0.2, 0) is 9.47 Å². The SMILES string of the molecule is [CH2]OCOCC(C)C#N. The third kappa shape index (κ3) is 5.28. The average molecular weight is 128 g/mol. The van der Waals surface area contributed by atoms with Crippen molar-refractivity contribution in [3.63, 3.8) is 0 Å². The molecule has 1 atom stereocenters. The Labute approximate surface area is 55.2 Å². The van der Waals surface area contributed by atoms with Gasteiger partial charge in [0.1, 0.15) is 6.79 Å². The van der Waals surface area contributed by atoms with Gasteiger partial charge in [-0.05, 0) is 6.92 Å². The van der Waals surface area contributed by atoms with E-state index in [1.54, 1.807) is 6.92 Å². The number of rotatable bonds is 4. The number of ether oxygens (including phenoxy) is 2. The molecule has 0 spiro atoms. The van der Waals surface area contributed by atoms with Gasteiger partial charge in [-0.2, -0.15) is 5.26 Å². The van der Waals surface area contributed by atoms with Gasteiger partial charge in [-0.15, -0.1) is 0 Å². The van der Waals surface area contributed by atoms with Crippen LogP contribution >= 0.6 is 0 Å². The lowest BCUT2D eigenvalue weighted by atomic mass is 10.2. The van der Waals surface area contributed by atoms with Gasteiger partial charge >= 0.3 is 0 Å². The fraction of sp³-hybridized carbons (Fsp3) is 0.667. The van der Waals surface area contributed by atoms with Crippen molar-refractivity contribution in [3.8, 4) is 6.07 Å². The van der Waals surface area contributed by atoms with Crippen LogP contribution in [0.2, 0.25) is 0 Å². The molecule has 0 rings (SSSR count). The van der Waals surface area contributed by atoms with Crippen LogP contribution in [0.4, 0.5) is 0 Å². The molecule has 0 saturated heterocycles. The van der Waals surface area contributed by atoms with E-state index < -0.39 is 0 Å². The van der Waals surface area contributed by atoms with Crippen molar-refractivity contribution in [1.29, 1.82) is 5.26 Å². The highest BCUT2D eigenvalue weighted by Gasteiger charge is 1.96. The number of nitrogens with zero attached hydrogens (tertiary/aromatic N) is 1.